The molecule has 1 saturated carbocycles. The van der Waals surface area contributed by atoms with E-state index in [0.29, 0.717) is 16.6 Å². The average molecular weight is 418 g/mol. The van der Waals surface area contributed by atoms with Gasteiger partial charge in [-0.05, 0) is 61.0 Å². The maximum Gasteiger partial charge on any atom is 0.257 e. The molecule has 0 atom stereocenters. The second-order valence-electron chi connectivity index (χ2n) is 7.60. The van der Waals surface area contributed by atoms with E-state index >= 15 is 0 Å². The number of benzene rings is 1. The summed E-state index contributed by atoms with van der Waals surface area (Å²) in [6.45, 7) is 4.35. The first-order valence-electron chi connectivity index (χ1n) is 10.6. The number of hydrogen-bond acceptors (Lipinski definition) is 5. The van der Waals surface area contributed by atoms with Crippen LogP contribution in [0, 0.1) is 5.92 Å². The van der Waals surface area contributed by atoms with Crippen LogP contribution in [0.3, 0.4) is 0 Å². The van der Waals surface area contributed by atoms with Crippen LogP contribution in [0.5, 0.6) is 0 Å². The predicted octanol–water partition coefficient (Wildman–Crippen LogP) is 6.76. The first-order chi connectivity index (χ1) is 13.7. The van der Waals surface area contributed by atoms with Gasteiger partial charge in [-0.25, -0.2) is 0 Å². The molecule has 0 saturated heterocycles. The molecule has 6 heteroatoms. The Morgan fingerprint density at radius 3 is 2.54 bits per heavy atom. The van der Waals surface area contributed by atoms with Crippen LogP contribution >= 0.6 is 23.1 Å². The van der Waals surface area contributed by atoms with Gasteiger partial charge in [0.15, 0.2) is 4.34 Å². The highest BCUT2D eigenvalue weighted by Crippen LogP contribution is 2.37. The summed E-state index contributed by atoms with van der Waals surface area (Å²) in [5.41, 5.74) is 2.05. The number of nitrogens with zero attached hydrogens (tertiary/aromatic N) is 2. The van der Waals surface area contributed by atoms with Crippen molar-refractivity contribution in [1.29, 1.82) is 0 Å². The standard InChI is InChI=1S/C22H31N3OS2/c1-3-5-6-7-16-8-10-17(11-9-16)18-12-14-19(15-13-18)20(26)23-21-24-25-22(28-21)27-4-2/h12-17H,3-11H2,1-2H3,(H,23,24,26). The zero-order valence-electron chi connectivity index (χ0n) is 16.9. The van der Waals surface area contributed by atoms with E-state index in [1.54, 1.807) is 11.8 Å². The summed E-state index contributed by atoms with van der Waals surface area (Å²) in [5, 5.41) is 11.5. The molecule has 1 aliphatic carbocycles. The van der Waals surface area contributed by atoms with E-state index in [0.717, 1.165) is 16.0 Å². The molecule has 1 fully saturated rings. The third-order valence-electron chi connectivity index (χ3n) is 5.60. The van der Waals surface area contributed by atoms with Crippen molar-refractivity contribution in [2.24, 2.45) is 5.92 Å². The highest BCUT2D eigenvalue weighted by molar-refractivity contribution is 8.01. The molecular formula is C22H31N3OS2. The molecule has 4 nitrogen and oxygen atoms in total. The number of nitrogens with one attached hydrogen (secondary N) is 1. The van der Waals surface area contributed by atoms with Gasteiger partial charge in [-0.3, -0.25) is 10.1 Å². The van der Waals surface area contributed by atoms with Crippen molar-refractivity contribution in [2.45, 2.75) is 75.5 Å². The zero-order chi connectivity index (χ0) is 19.8. The van der Waals surface area contributed by atoms with Crippen LogP contribution in [0.2, 0.25) is 0 Å². The first kappa shape index (κ1) is 21.3. The van der Waals surface area contributed by atoms with Crippen LogP contribution in [0.4, 0.5) is 5.13 Å². The summed E-state index contributed by atoms with van der Waals surface area (Å²) in [6, 6.07) is 8.16. The smallest absolute Gasteiger partial charge is 0.257 e. The summed E-state index contributed by atoms with van der Waals surface area (Å²) in [5.74, 6) is 2.41. The van der Waals surface area contributed by atoms with E-state index in [9.17, 15) is 4.79 Å². The number of amides is 1. The lowest BCUT2D eigenvalue weighted by Gasteiger charge is -2.29. The topological polar surface area (TPSA) is 54.9 Å². The van der Waals surface area contributed by atoms with Crippen LogP contribution in [-0.4, -0.2) is 21.9 Å². The molecule has 0 radical (unpaired) electrons. The Hall–Kier alpha value is -1.40. The highest BCUT2D eigenvalue weighted by Gasteiger charge is 2.22. The Morgan fingerprint density at radius 2 is 1.86 bits per heavy atom. The number of anilines is 1. The number of rotatable bonds is 9. The third kappa shape index (κ3) is 6.05. The lowest BCUT2D eigenvalue weighted by Crippen LogP contribution is -2.14. The fraction of sp³-hybridized carbons (Fsp3) is 0.591. The Bertz CT molecular complexity index is 736. The summed E-state index contributed by atoms with van der Waals surface area (Å²) in [7, 11) is 0. The Kier molecular flexibility index (Phi) is 8.34. The Labute approximate surface area is 176 Å². The fourth-order valence-electron chi connectivity index (χ4n) is 3.99. The van der Waals surface area contributed by atoms with Crippen LogP contribution in [0.25, 0.3) is 0 Å². The number of carbonyl (C=O) groups is 1. The molecule has 0 unspecified atom stereocenters. The maximum atomic E-state index is 12.5. The van der Waals surface area contributed by atoms with Crippen LogP contribution in [-0.2, 0) is 0 Å². The van der Waals surface area contributed by atoms with Crippen molar-refractivity contribution in [3.63, 3.8) is 0 Å². The summed E-state index contributed by atoms with van der Waals surface area (Å²) in [6.07, 6.45) is 10.8. The molecule has 1 aromatic carbocycles. The molecule has 3 rings (SSSR count). The number of thioether (sulfide) groups is 1. The van der Waals surface area contributed by atoms with Crippen molar-refractivity contribution < 1.29 is 4.79 Å². The molecule has 2 aromatic rings. The first-order valence-corrected chi connectivity index (χ1v) is 12.4. The normalized spacial score (nSPS) is 19.5. The van der Waals surface area contributed by atoms with Crippen LogP contribution in [0.1, 0.15) is 87.1 Å². The van der Waals surface area contributed by atoms with Gasteiger partial charge in [0.1, 0.15) is 0 Å². The van der Waals surface area contributed by atoms with Gasteiger partial charge in [-0.15, -0.1) is 10.2 Å². The predicted molar refractivity (Wildman–Crippen MR) is 120 cm³/mol. The van der Waals surface area contributed by atoms with Crippen molar-refractivity contribution >= 4 is 34.1 Å². The van der Waals surface area contributed by atoms with E-state index in [1.165, 1.54) is 68.3 Å². The zero-order valence-corrected chi connectivity index (χ0v) is 18.6. The SMILES string of the molecule is CCCCCC1CCC(c2ccc(C(=O)Nc3nnc(SCC)s3)cc2)CC1. The molecular weight excluding hydrogens is 386 g/mol. The lowest BCUT2D eigenvalue weighted by molar-refractivity contribution is 0.102. The summed E-state index contributed by atoms with van der Waals surface area (Å²) in [4.78, 5) is 12.5. The van der Waals surface area contributed by atoms with E-state index in [1.807, 2.05) is 12.1 Å². The second-order valence-corrected chi connectivity index (χ2v) is 10.1. The van der Waals surface area contributed by atoms with Gasteiger partial charge in [0.25, 0.3) is 5.91 Å². The molecule has 0 spiro atoms. The van der Waals surface area contributed by atoms with Gasteiger partial charge in [0.05, 0.1) is 0 Å². The van der Waals surface area contributed by atoms with Crippen molar-refractivity contribution in [1.82, 2.24) is 10.2 Å². The van der Waals surface area contributed by atoms with E-state index in [2.05, 4.69) is 41.5 Å². The highest BCUT2D eigenvalue weighted by atomic mass is 32.2. The Morgan fingerprint density at radius 1 is 1.11 bits per heavy atom. The summed E-state index contributed by atoms with van der Waals surface area (Å²) >= 11 is 3.06. The molecule has 0 aliphatic heterocycles. The number of hydrogen-bond donors (Lipinski definition) is 1. The van der Waals surface area contributed by atoms with Gasteiger partial charge in [0, 0.05) is 5.56 Å². The molecule has 1 heterocycles. The average Bonchev–Trinajstić information content (AvgIpc) is 3.16. The minimum atomic E-state index is -0.115. The van der Waals surface area contributed by atoms with E-state index in [4.69, 9.17) is 0 Å². The quantitative estimate of drug-likeness (QED) is 0.278. The van der Waals surface area contributed by atoms with Gasteiger partial charge in [-0.1, -0.05) is 74.8 Å². The molecule has 1 aliphatic rings. The lowest BCUT2D eigenvalue weighted by atomic mass is 9.77. The molecule has 152 valence electrons. The second kappa shape index (κ2) is 11.0. The molecule has 28 heavy (non-hydrogen) atoms. The molecule has 1 amide bonds. The van der Waals surface area contributed by atoms with Gasteiger partial charge in [-0.2, -0.15) is 0 Å². The van der Waals surface area contributed by atoms with Crippen molar-refractivity contribution in [3.8, 4) is 0 Å². The minimum absolute atomic E-state index is 0.115. The minimum Gasteiger partial charge on any atom is -0.296 e. The third-order valence-corrected chi connectivity index (χ3v) is 7.46. The Balaban J connectivity index is 1.50. The summed E-state index contributed by atoms with van der Waals surface area (Å²) < 4.78 is 0.887. The van der Waals surface area contributed by atoms with Crippen molar-refractivity contribution in [3.05, 3.63) is 35.4 Å². The fourth-order valence-corrected chi connectivity index (χ4v) is 5.63. The van der Waals surface area contributed by atoms with Gasteiger partial charge >= 0.3 is 0 Å². The number of carbonyl (C=O) groups excluding carboxylic acids is 1. The number of unbranched alkanes of at least 4 members (excludes halogenated alkanes) is 2. The largest absolute Gasteiger partial charge is 0.296 e. The molecule has 0 bridgehead atoms. The van der Waals surface area contributed by atoms with Gasteiger partial charge < -0.3 is 0 Å². The number of aromatic nitrogens is 2. The maximum absolute atomic E-state index is 12.5. The van der Waals surface area contributed by atoms with Crippen LogP contribution < -0.4 is 5.32 Å². The molecule has 1 N–H and O–H groups in total. The monoisotopic (exact) mass is 417 g/mol. The van der Waals surface area contributed by atoms with E-state index in [-0.39, 0.29) is 5.91 Å². The van der Waals surface area contributed by atoms with Crippen molar-refractivity contribution in [2.75, 3.05) is 11.1 Å². The van der Waals surface area contributed by atoms with Gasteiger partial charge in [0.2, 0.25) is 5.13 Å². The van der Waals surface area contributed by atoms with Crippen LogP contribution in [0.15, 0.2) is 28.6 Å². The molecule has 1 aromatic heterocycles. The van der Waals surface area contributed by atoms with E-state index < -0.39 is 0 Å².